The van der Waals surface area contributed by atoms with Crippen LogP contribution in [-0.2, 0) is 9.53 Å². The molecular formula is C20H26N2O6. The fourth-order valence-corrected chi connectivity index (χ4v) is 3.70. The third-order valence-electron chi connectivity index (χ3n) is 5.48. The van der Waals surface area contributed by atoms with Crippen molar-refractivity contribution in [3.63, 3.8) is 0 Å². The summed E-state index contributed by atoms with van der Waals surface area (Å²) in [5.41, 5.74) is -0.421. The Bertz CT molecular complexity index is 740. The lowest BCUT2D eigenvalue weighted by atomic mass is 9.77. The van der Waals surface area contributed by atoms with E-state index in [0.29, 0.717) is 30.1 Å². The number of ether oxygens (including phenoxy) is 2. The van der Waals surface area contributed by atoms with Crippen LogP contribution >= 0.6 is 0 Å². The first-order valence-corrected chi connectivity index (χ1v) is 9.48. The minimum absolute atomic E-state index is 0.0847. The minimum Gasteiger partial charge on any atom is -0.491 e. The molecule has 1 heterocycles. The molecule has 0 aromatic heterocycles. The van der Waals surface area contributed by atoms with Crippen molar-refractivity contribution in [1.29, 1.82) is 0 Å². The Labute approximate surface area is 163 Å². The molecule has 1 aromatic carbocycles. The number of benzene rings is 1. The lowest BCUT2D eigenvalue weighted by molar-refractivity contribution is -0.133. The van der Waals surface area contributed by atoms with E-state index >= 15 is 0 Å². The highest BCUT2D eigenvalue weighted by atomic mass is 16.5. The smallest absolute Gasteiger partial charge is 0.337 e. The van der Waals surface area contributed by atoms with Gasteiger partial charge in [0.2, 0.25) is 0 Å². The van der Waals surface area contributed by atoms with Gasteiger partial charge in [-0.2, -0.15) is 0 Å². The number of hydrogen-bond donors (Lipinski definition) is 2. The van der Waals surface area contributed by atoms with Crippen LogP contribution in [0.4, 0.5) is 4.79 Å². The predicted octanol–water partition coefficient (Wildman–Crippen LogP) is 1.71. The fourth-order valence-electron chi connectivity index (χ4n) is 3.70. The van der Waals surface area contributed by atoms with E-state index in [-0.39, 0.29) is 19.1 Å². The van der Waals surface area contributed by atoms with Gasteiger partial charge < -0.3 is 19.9 Å². The summed E-state index contributed by atoms with van der Waals surface area (Å²) in [5, 5.41) is 13.1. The van der Waals surface area contributed by atoms with Crippen LogP contribution in [-0.4, -0.2) is 59.8 Å². The van der Waals surface area contributed by atoms with Gasteiger partial charge in [0.1, 0.15) is 24.0 Å². The first kappa shape index (κ1) is 20.1. The second-order valence-corrected chi connectivity index (χ2v) is 7.59. The molecule has 0 bridgehead atoms. The molecule has 1 saturated carbocycles. The molecule has 28 heavy (non-hydrogen) atoms. The molecule has 1 spiro atoms. The van der Waals surface area contributed by atoms with Crippen molar-refractivity contribution < 1.29 is 29.0 Å². The number of imide groups is 1. The molecule has 0 unspecified atom stereocenters. The number of rotatable bonds is 6. The SMILES string of the molecule is COC(=O)c1ccc(OC[C@@H](O)CN2C(=O)NC3(CCC(C)CC3)C2=O)cc1. The summed E-state index contributed by atoms with van der Waals surface area (Å²) in [6, 6.07) is 5.83. The van der Waals surface area contributed by atoms with E-state index in [1.54, 1.807) is 24.3 Å². The van der Waals surface area contributed by atoms with Crippen LogP contribution in [0.15, 0.2) is 24.3 Å². The summed E-state index contributed by atoms with van der Waals surface area (Å²) < 4.78 is 10.1. The van der Waals surface area contributed by atoms with E-state index in [4.69, 9.17) is 4.74 Å². The van der Waals surface area contributed by atoms with Gasteiger partial charge in [-0.25, -0.2) is 9.59 Å². The third-order valence-corrected chi connectivity index (χ3v) is 5.48. The highest BCUT2D eigenvalue weighted by molar-refractivity contribution is 6.07. The number of urea groups is 1. The Morgan fingerprint density at radius 1 is 1.29 bits per heavy atom. The zero-order chi connectivity index (χ0) is 20.3. The Morgan fingerprint density at radius 3 is 2.54 bits per heavy atom. The molecule has 2 N–H and O–H groups in total. The molecule has 1 aliphatic heterocycles. The number of aliphatic hydroxyl groups is 1. The predicted molar refractivity (Wildman–Crippen MR) is 99.9 cm³/mol. The lowest BCUT2D eigenvalue weighted by Crippen LogP contribution is -2.49. The van der Waals surface area contributed by atoms with Gasteiger partial charge in [-0.1, -0.05) is 6.92 Å². The molecule has 2 fully saturated rings. The van der Waals surface area contributed by atoms with Crippen LogP contribution < -0.4 is 10.1 Å². The number of aliphatic hydroxyl groups excluding tert-OH is 1. The van der Waals surface area contributed by atoms with Gasteiger partial charge in [-0.3, -0.25) is 9.69 Å². The molecule has 1 saturated heterocycles. The Balaban J connectivity index is 1.53. The van der Waals surface area contributed by atoms with Gasteiger partial charge in [0.05, 0.1) is 19.2 Å². The largest absolute Gasteiger partial charge is 0.491 e. The van der Waals surface area contributed by atoms with Crippen molar-refractivity contribution in [1.82, 2.24) is 10.2 Å². The molecule has 0 radical (unpaired) electrons. The van der Waals surface area contributed by atoms with Crippen LogP contribution in [0, 0.1) is 5.92 Å². The molecular weight excluding hydrogens is 364 g/mol. The standard InChI is InChI=1S/C20H26N2O6/c1-13-7-9-20(10-8-13)18(25)22(19(26)21-20)11-15(23)12-28-16-5-3-14(4-6-16)17(24)27-2/h3-6,13,15,23H,7-12H2,1-2H3,(H,21,26)/t13?,15-,20?/m0/s1. The number of carbonyl (C=O) groups is 3. The molecule has 152 valence electrons. The van der Waals surface area contributed by atoms with E-state index in [9.17, 15) is 19.5 Å². The van der Waals surface area contributed by atoms with Crippen LogP contribution in [0.25, 0.3) is 0 Å². The summed E-state index contributed by atoms with van der Waals surface area (Å²) >= 11 is 0. The van der Waals surface area contributed by atoms with E-state index < -0.39 is 23.6 Å². The van der Waals surface area contributed by atoms with E-state index in [1.807, 2.05) is 0 Å². The summed E-state index contributed by atoms with van der Waals surface area (Å²) in [4.78, 5) is 37.6. The molecule has 1 aromatic rings. The summed E-state index contributed by atoms with van der Waals surface area (Å²) in [5.74, 6) is 0.303. The van der Waals surface area contributed by atoms with Crippen molar-refractivity contribution in [3.05, 3.63) is 29.8 Å². The van der Waals surface area contributed by atoms with Gasteiger partial charge in [0.25, 0.3) is 5.91 Å². The van der Waals surface area contributed by atoms with Crippen LogP contribution in [0.3, 0.4) is 0 Å². The molecule has 2 aliphatic rings. The number of carbonyl (C=O) groups excluding carboxylic acids is 3. The number of methoxy groups -OCH3 is 1. The van der Waals surface area contributed by atoms with Crippen molar-refractivity contribution >= 4 is 17.9 Å². The number of amides is 3. The van der Waals surface area contributed by atoms with Crippen molar-refractivity contribution in [3.8, 4) is 5.75 Å². The van der Waals surface area contributed by atoms with Gasteiger partial charge in [-0.15, -0.1) is 0 Å². The van der Waals surface area contributed by atoms with Crippen molar-refractivity contribution in [2.24, 2.45) is 5.92 Å². The topological polar surface area (TPSA) is 105 Å². The molecule has 8 nitrogen and oxygen atoms in total. The number of esters is 1. The first-order chi connectivity index (χ1) is 13.3. The second-order valence-electron chi connectivity index (χ2n) is 7.59. The van der Waals surface area contributed by atoms with E-state index in [1.165, 1.54) is 7.11 Å². The highest BCUT2D eigenvalue weighted by Gasteiger charge is 2.52. The molecule has 1 aliphatic carbocycles. The van der Waals surface area contributed by atoms with Gasteiger partial charge in [0.15, 0.2) is 0 Å². The Kier molecular flexibility index (Phi) is 5.88. The van der Waals surface area contributed by atoms with Crippen LogP contribution in [0.5, 0.6) is 5.75 Å². The van der Waals surface area contributed by atoms with Gasteiger partial charge >= 0.3 is 12.0 Å². The second kappa shape index (κ2) is 8.18. The number of nitrogens with one attached hydrogen (secondary N) is 1. The molecule has 1 atom stereocenters. The van der Waals surface area contributed by atoms with Crippen LogP contribution in [0.2, 0.25) is 0 Å². The quantitative estimate of drug-likeness (QED) is 0.566. The average Bonchev–Trinajstić information content (AvgIpc) is 2.92. The highest BCUT2D eigenvalue weighted by Crippen LogP contribution is 2.36. The van der Waals surface area contributed by atoms with Gasteiger partial charge in [-0.05, 0) is 55.9 Å². The van der Waals surface area contributed by atoms with Crippen molar-refractivity contribution in [2.45, 2.75) is 44.2 Å². The molecule has 3 amide bonds. The summed E-state index contributed by atoms with van der Waals surface area (Å²) in [6.45, 7) is 1.94. The maximum atomic E-state index is 12.8. The number of hydrogen-bond acceptors (Lipinski definition) is 6. The third kappa shape index (κ3) is 4.11. The summed E-state index contributed by atoms with van der Waals surface area (Å²) in [7, 11) is 1.30. The minimum atomic E-state index is -1.02. The normalized spacial score (nSPS) is 25.5. The van der Waals surface area contributed by atoms with E-state index in [2.05, 4.69) is 17.0 Å². The molecule has 3 rings (SSSR count). The van der Waals surface area contributed by atoms with E-state index in [0.717, 1.165) is 17.7 Å². The first-order valence-electron chi connectivity index (χ1n) is 9.48. The lowest BCUT2D eigenvalue weighted by Gasteiger charge is -2.33. The fraction of sp³-hybridized carbons (Fsp3) is 0.550. The Morgan fingerprint density at radius 2 is 1.93 bits per heavy atom. The van der Waals surface area contributed by atoms with Crippen molar-refractivity contribution in [2.75, 3.05) is 20.3 Å². The zero-order valence-electron chi connectivity index (χ0n) is 16.1. The average molecular weight is 390 g/mol. The maximum Gasteiger partial charge on any atom is 0.337 e. The number of β-amino-alcohol motifs (C(OH)–C–C–N with tert-alkyl or cyclic N) is 1. The zero-order valence-corrected chi connectivity index (χ0v) is 16.1. The summed E-state index contributed by atoms with van der Waals surface area (Å²) in [6.07, 6.45) is 2.04. The molecule has 8 heteroatoms. The monoisotopic (exact) mass is 390 g/mol. The van der Waals surface area contributed by atoms with Gasteiger partial charge in [0, 0.05) is 0 Å². The maximum absolute atomic E-state index is 12.8. The Hall–Kier alpha value is -2.61. The van der Waals surface area contributed by atoms with Crippen LogP contribution in [0.1, 0.15) is 43.0 Å². The number of nitrogens with zero attached hydrogens (tertiary/aromatic N) is 1.